The van der Waals surface area contributed by atoms with Crippen molar-refractivity contribution in [1.29, 1.82) is 0 Å². The van der Waals surface area contributed by atoms with Gasteiger partial charge in [-0.15, -0.1) is 6.58 Å². The molecule has 1 aliphatic rings. The third-order valence-electron chi connectivity index (χ3n) is 2.78. The zero-order valence-corrected chi connectivity index (χ0v) is 11.0. The normalized spacial score (nSPS) is 22.4. The van der Waals surface area contributed by atoms with E-state index < -0.39 is 11.7 Å². The Labute approximate surface area is 103 Å². The van der Waals surface area contributed by atoms with Gasteiger partial charge in [-0.05, 0) is 40.0 Å². The second-order valence-corrected chi connectivity index (χ2v) is 5.48. The first-order valence-electron chi connectivity index (χ1n) is 6.13. The van der Waals surface area contributed by atoms with Crippen LogP contribution >= 0.6 is 0 Å². The molecule has 1 fully saturated rings. The molecule has 4 nitrogen and oxygen atoms in total. The van der Waals surface area contributed by atoms with Crippen molar-refractivity contribution >= 4 is 6.09 Å². The first-order chi connectivity index (χ1) is 7.85. The van der Waals surface area contributed by atoms with Crippen molar-refractivity contribution in [3.05, 3.63) is 12.7 Å². The molecule has 0 saturated carbocycles. The average molecular weight is 241 g/mol. The summed E-state index contributed by atoms with van der Waals surface area (Å²) in [5.74, 6) is 0. The summed E-state index contributed by atoms with van der Waals surface area (Å²) in [5.41, 5.74) is -0.492. The van der Waals surface area contributed by atoms with E-state index in [0.29, 0.717) is 13.0 Å². The number of carbonyl (C=O) groups excluding carboxylic acids is 1. The summed E-state index contributed by atoms with van der Waals surface area (Å²) >= 11 is 0. The molecule has 0 aromatic carbocycles. The number of rotatable bonds is 3. The predicted molar refractivity (Wildman–Crippen MR) is 66.8 cm³/mol. The van der Waals surface area contributed by atoms with Crippen LogP contribution in [0.1, 0.15) is 40.0 Å². The van der Waals surface area contributed by atoms with E-state index in [4.69, 9.17) is 4.74 Å². The molecule has 1 heterocycles. The van der Waals surface area contributed by atoms with Crippen LogP contribution in [0.4, 0.5) is 4.79 Å². The fourth-order valence-electron chi connectivity index (χ4n) is 2.07. The van der Waals surface area contributed by atoms with Gasteiger partial charge in [0.2, 0.25) is 0 Å². The zero-order valence-electron chi connectivity index (χ0n) is 11.0. The summed E-state index contributed by atoms with van der Waals surface area (Å²) in [6.07, 6.45) is 3.05. The summed E-state index contributed by atoms with van der Waals surface area (Å²) in [5, 5.41) is 9.95. The summed E-state index contributed by atoms with van der Waals surface area (Å²) in [6, 6.07) is -0.136. The molecular weight excluding hydrogens is 218 g/mol. The summed E-state index contributed by atoms with van der Waals surface area (Å²) < 4.78 is 5.33. The van der Waals surface area contributed by atoms with Crippen LogP contribution in [-0.4, -0.2) is 40.4 Å². The average Bonchev–Trinajstić information content (AvgIpc) is 2.63. The lowest BCUT2D eigenvalue weighted by Gasteiger charge is -2.30. The van der Waals surface area contributed by atoms with Gasteiger partial charge in [0.15, 0.2) is 0 Å². The molecular formula is C13H23NO3. The number of ether oxygens (including phenoxy) is 1. The molecule has 1 aliphatic heterocycles. The molecule has 1 saturated heterocycles. The quantitative estimate of drug-likeness (QED) is 0.771. The van der Waals surface area contributed by atoms with E-state index in [-0.39, 0.29) is 12.1 Å². The van der Waals surface area contributed by atoms with E-state index >= 15 is 0 Å². The Morgan fingerprint density at radius 1 is 1.65 bits per heavy atom. The van der Waals surface area contributed by atoms with Gasteiger partial charge < -0.3 is 14.7 Å². The number of aliphatic hydroxyl groups is 1. The highest BCUT2D eigenvalue weighted by Crippen LogP contribution is 2.24. The molecule has 0 unspecified atom stereocenters. The van der Waals surface area contributed by atoms with Crippen molar-refractivity contribution in [3.63, 3.8) is 0 Å². The van der Waals surface area contributed by atoms with Gasteiger partial charge in [-0.3, -0.25) is 0 Å². The predicted octanol–water partition coefficient (Wildman–Crippen LogP) is 2.32. The molecule has 17 heavy (non-hydrogen) atoms. The summed E-state index contributed by atoms with van der Waals surface area (Å²) in [7, 11) is 0. The Balaban J connectivity index is 2.62. The minimum absolute atomic E-state index is 0.136. The molecule has 0 aliphatic carbocycles. The molecule has 1 N–H and O–H groups in total. The topological polar surface area (TPSA) is 49.8 Å². The fraction of sp³-hybridized carbons (Fsp3) is 0.769. The number of aliphatic hydroxyl groups excluding tert-OH is 1. The van der Waals surface area contributed by atoms with Crippen LogP contribution in [0.25, 0.3) is 0 Å². The van der Waals surface area contributed by atoms with Gasteiger partial charge in [-0.25, -0.2) is 4.79 Å². The summed E-state index contributed by atoms with van der Waals surface area (Å²) in [6.45, 7) is 9.80. The van der Waals surface area contributed by atoms with E-state index in [2.05, 4.69) is 6.58 Å². The Morgan fingerprint density at radius 2 is 2.29 bits per heavy atom. The smallest absolute Gasteiger partial charge is 0.410 e. The Hall–Kier alpha value is -1.03. The van der Waals surface area contributed by atoms with E-state index in [1.165, 1.54) is 0 Å². The van der Waals surface area contributed by atoms with Crippen LogP contribution in [0.5, 0.6) is 0 Å². The number of hydrogen-bond acceptors (Lipinski definition) is 3. The van der Waals surface area contributed by atoms with Crippen molar-refractivity contribution in [2.75, 3.05) is 6.54 Å². The largest absolute Gasteiger partial charge is 0.444 e. The maximum atomic E-state index is 11.9. The number of amides is 1. The third-order valence-corrected chi connectivity index (χ3v) is 2.78. The van der Waals surface area contributed by atoms with Gasteiger partial charge in [-0.2, -0.15) is 0 Å². The van der Waals surface area contributed by atoms with Crippen LogP contribution in [0.3, 0.4) is 0 Å². The molecule has 0 aromatic rings. The standard InChI is InChI=1S/C13H23NO3/c1-5-7-11(15)10-8-6-9-14(10)12(16)17-13(2,3)4/h5,10-11,15H,1,6-9H2,2-4H3/t10-,11+/m0/s1. The monoisotopic (exact) mass is 241 g/mol. The van der Waals surface area contributed by atoms with Crippen molar-refractivity contribution in [2.45, 2.75) is 57.8 Å². The summed E-state index contributed by atoms with van der Waals surface area (Å²) in [4.78, 5) is 13.6. The highest BCUT2D eigenvalue weighted by Gasteiger charge is 2.35. The van der Waals surface area contributed by atoms with E-state index in [1.54, 1.807) is 11.0 Å². The number of likely N-dealkylation sites (tertiary alicyclic amines) is 1. The fourth-order valence-corrected chi connectivity index (χ4v) is 2.07. The SMILES string of the molecule is C=CC[C@@H](O)[C@@H]1CCCN1C(=O)OC(C)(C)C. The minimum Gasteiger partial charge on any atom is -0.444 e. The van der Waals surface area contributed by atoms with Gasteiger partial charge in [-0.1, -0.05) is 6.08 Å². The highest BCUT2D eigenvalue weighted by atomic mass is 16.6. The van der Waals surface area contributed by atoms with Crippen LogP contribution in [0.2, 0.25) is 0 Å². The first kappa shape index (κ1) is 14.0. The zero-order chi connectivity index (χ0) is 13.1. The van der Waals surface area contributed by atoms with Gasteiger partial charge in [0.25, 0.3) is 0 Å². The molecule has 0 bridgehead atoms. The van der Waals surface area contributed by atoms with Gasteiger partial charge in [0, 0.05) is 6.54 Å². The second-order valence-electron chi connectivity index (χ2n) is 5.48. The molecule has 98 valence electrons. The number of nitrogens with zero attached hydrogens (tertiary/aromatic N) is 1. The minimum atomic E-state index is -0.539. The molecule has 0 aromatic heterocycles. The first-order valence-corrected chi connectivity index (χ1v) is 6.13. The number of carbonyl (C=O) groups is 1. The molecule has 0 radical (unpaired) electrons. The maximum Gasteiger partial charge on any atom is 0.410 e. The van der Waals surface area contributed by atoms with Gasteiger partial charge in [0.1, 0.15) is 5.60 Å². The van der Waals surface area contributed by atoms with Crippen LogP contribution in [0.15, 0.2) is 12.7 Å². The van der Waals surface area contributed by atoms with Crippen LogP contribution in [0, 0.1) is 0 Å². The van der Waals surface area contributed by atoms with Crippen molar-refractivity contribution in [3.8, 4) is 0 Å². The lowest BCUT2D eigenvalue weighted by molar-refractivity contribution is 0.00578. The molecule has 4 heteroatoms. The second kappa shape index (κ2) is 5.54. The molecule has 0 spiro atoms. The van der Waals surface area contributed by atoms with Crippen LogP contribution < -0.4 is 0 Å². The van der Waals surface area contributed by atoms with E-state index in [0.717, 1.165) is 12.8 Å². The maximum absolute atomic E-state index is 11.9. The van der Waals surface area contributed by atoms with Gasteiger partial charge >= 0.3 is 6.09 Å². The van der Waals surface area contributed by atoms with E-state index in [9.17, 15) is 9.90 Å². The third kappa shape index (κ3) is 4.04. The molecule has 2 atom stereocenters. The van der Waals surface area contributed by atoms with Crippen molar-refractivity contribution in [1.82, 2.24) is 4.90 Å². The van der Waals surface area contributed by atoms with Crippen molar-refractivity contribution in [2.24, 2.45) is 0 Å². The lowest BCUT2D eigenvalue weighted by Crippen LogP contribution is -2.44. The van der Waals surface area contributed by atoms with Crippen molar-refractivity contribution < 1.29 is 14.6 Å². The molecule has 1 amide bonds. The lowest BCUT2D eigenvalue weighted by atomic mass is 10.1. The van der Waals surface area contributed by atoms with E-state index in [1.807, 2.05) is 20.8 Å². The highest BCUT2D eigenvalue weighted by molar-refractivity contribution is 5.69. The van der Waals surface area contributed by atoms with Gasteiger partial charge in [0.05, 0.1) is 12.1 Å². The Kier molecular flexibility index (Phi) is 4.57. The molecule has 1 rings (SSSR count). The Bertz CT molecular complexity index is 283. The van der Waals surface area contributed by atoms with Crippen LogP contribution in [-0.2, 0) is 4.74 Å². The number of hydrogen-bond donors (Lipinski definition) is 1. The Morgan fingerprint density at radius 3 is 2.82 bits per heavy atom.